The van der Waals surface area contributed by atoms with Gasteiger partial charge in [-0.15, -0.1) is 0 Å². The molecular weight excluding hydrogens is 316 g/mol. The standard InChI is InChI=1S/C17H21ClN2O3/c1-10(2)20-9-11(7-16(20)21)17(22)19-14-5-6-23-15-4-3-12(18)8-13(14)15/h3-4,8,10-11,14H,5-7,9H2,1-2H3,(H,19,22). The molecular formula is C17H21ClN2O3. The lowest BCUT2D eigenvalue weighted by molar-refractivity contribution is -0.130. The minimum atomic E-state index is -0.282. The van der Waals surface area contributed by atoms with Crippen LogP contribution in [0.3, 0.4) is 0 Å². The predicted molar refractivity (Wildman–Crippen MR) is 87.4 cm³/mol. The number of rotatable bonds is 3. The zero-order valence-electron chi connectivity index (χ0n) is 13.3. The first kappa shape index (κ1) is 16.1. The fourth-order valence-corrected chi connectivity index (χ4v) is 3.39. The second kappa shape index (κ2) is 6.40. The molecule has 1 N–H and O–H groups in total. The van der Waals surface area contributed by atoms with E-state index in [9.17, 15) is 9.59 Å². The van der Waals surface area contributed by atoms with Crippen molar-refractivity contribution in [2.45, 2.75) is 38.8 Å². The third-order valence-corrected chi connectivity index (χ3v) is 4.72. The molecule has 5 nitrogen and oxygen atoms in total. The van der Waals surface area contributed by atoms with E-state index in [1.807, 2.05) is 26.0 Å². The van der Waals surface area contributed by atoms with Crippen molar-refractivity contribution in [1.82, 2.24) is 10.2 Å². The second-order valence-corrected chi connectivity index (χ2v) is 6.86. The highest BCUT2D eigenvalue weighted by Gasteiger charge is 2.36. The molecule has 0 spiro atoms. The van der Waals surface area contributed by atoms with Gasteiger partial charge >= 0.3 is 0 Å². The molecule has 0 radical (unpaired) electrons. The zero-order valence-corrected chi connectivity index (χ0v) is 14.1. The Labute approximate surface area is 140 Å². The molecule has 1 aromatic carbocycles. The Kier molecular flexibility index (Phi) is 4.48. The van der Waals surface area contributed by atoms with E-state index >= 15 is 0 Å². The van der Waals surface area contributed by atoms with Gasteiger partial charge in [0.2, 0.25) is 11.8 Å². The van der Waals surface area contributed by atoms with E-state index in [2.05, 4.69) is 5.32 Å². The lowest BCUT2D eigenvalue weighted by Crippen LogP contribution is -2.38. The molecule has 2 amide bonds. The first-order valence-corrected chi connectivity index (χ1v) is 8.35. The molecule has 1 fully saturated rings. The van der Waals surface area contributed by atoms with E-state index in [-0.39, 0.29) is 36.2 Å². The van der Waals surface area contributed by atoms with Crippen LogP contribution in [0.2, 0.25) is 5.02 Å². The maximum atomic E-state index is 12.6. The van der Waals surface area contributed by atoms with Crippen molar-refractivity contribution in [2.24, 2.45) is 5.92 Å². The van der Waals surface area contributed by atoms with Crippen LogP contribution >= 0.6 is 11.6 Å². The van der Waals surface area contributed by atoms with Crippen LogP contribution in [0.5, 0.6) is 5.75 Å². The van der Waals surface area contributed by atoms with Gasteiger partial charge in [0.15, 0.2) is 0 Å². The van der Waals surface area contributed by atoms with E-state index in [0.717, 1.165) is 11.3 Å². The normalized spacial score (nSPS) is 23.7. The van der Waals surface area contributed by atoms with Crippen LogP contribution in [-0.2, 0) is 9.59 Å². The Bertz CT molecular complexity index is 632. The lowest BCUT2D eigenvalue weighted by Gasteiger charge is -2.28. The number of hydrogen-bond donors (Lipinski definition) is 1. The minimum absolute atomic E-state index is 0.0515. The molecule has 1 aromatic rings. The van der Waals surface area contributed by atoms with Gasteiger partial charge in [-0.3, -0.25) is 9.59 Å². The molecule has 2 unspecified atom stereocenters. The van der Waals surface area contributed by atoms with Gasteiger partial charge in [-0.25, -0.2) is 0 Å². The number of likely N-dealkylation sites (tertiary alicyclic amines) is 1. The largest absolute Gasteiger partial charge is 0.493 e. The van der Waals surface area contributed by atoms with E-state index in [0.29, 0.717) is 24.6 Å². The lowest BCUT2D eigenvalue weighted by atomic mass is 9.99. The highest BCUT2D eigenvalue weighted by atomic mass is 35.5. The fraction of sp³-hybridized carbons (Fsp3) is 0.529. The number of nitrogens with one attached hydrogen (secondary N) is 1. The Morgan fingerprint density at radius 3 is 2.91 bits per heavy atom. The molecule has 2 atom stereocenters. The molecule has 0 aromatic heterocycles. The van der Waals surface area contributed by atoms with Crippen molar-refractivity contribution in [1.29, 1.82) is 0 Å². The van der Waals surface area contributed by atoms with Gasteiger partial charge in [-0.1, -0.05) is 11.6 Å². The van der Waals surface area contributed by atoms with Crippen molar-refractivity contribution < 1.29 is 14.3 Å². The zero-order chi connectivity index (χ0) is 16.6. The second-order valence-electron chi connectivity index (χ2n) is 6.42. The summed E-state index contributed by atoms with van der Waals surface area (Å²) in [5.74, 6) is 0.461. The molecule has 2 aliphatic heterocycles. The van der Waals surface area contributed by atoms with Crippen LogP contribution in [0.1, 0.15) is 38.3 Å². The Morgan fingerprint density at radius 2 is 2.22 bits per heavy atom. The molecule has 6 heteroatoms. The van der Waals surface area contributed by atoms with Gasteiger partial charge in [-0.05, 0) is 32.0 Å². The highest BCUT2D eigenvalue weighted by molar-refractivity contribution is 6.30. The monoisotopic (exact) mass is 336 g/mol. The summed E-state index contributed by atoms with van der Waals surface area (Å²) in [5, 5.41) is 3.69. The number of carbonyl (C=O) groups excluding carboxylic acids is 2. The molecule has 2 heterocycles. The number of ether oxygens (including phenoxy) is 1. The molecule has 2 aliphatic rings. The molecule has 0 bridgehead atoms. The third kappa shape index (κ3) is 3.29. The number of benzene rings is 1. The summed E-state index contributed by atoms with van der Waals surface area (Å²) in [7, 11) is 0. The summed E-state index contributed by atoms with van der Waals surface area (Å²) in [6, 6.07) is 5.45. The summed E-state index contributed by atoms with van der Waals surface area (Å²) in [6.07, 6.45) is 0.989. The van der Waals surface area contributed by atoms with E-state index in [4.69, 9.17) is 16.3 Å². The van der Waals surface area contributed by atoms with Crippen molar-refractivity contribution in [3.8, 4) is 5.75 Å². The summed E-state index contributed by atoms with van der Waals surface area (Å²) in [6.45, 7) is 4.99. The van der Waals surface area contributed by atoms with Gasteiger partial charge in [0, 0.05) is 36.0 Å². The number of amides is 2. The molecule has 23 heavy (non-hydrogen) atoms. The van der Waals surface area contributed by atoms with Crippen LogP contribution in [0.4, 0.5) is 0 Å². The van der Waals surface area contributed by atoms with Crippen LogP contribution < -0.4 is 10.1 Å². The number of carbonyl (C=O) groups is 2. The van der Waals surface area contributed by atoms with Crippen molar-refractivity contribution in [3.05, 3.63) is 28.8 Å². The average molecular weight is 337 g/mol. The van der Waals surface area contributed by atoms with E-state index in [1.165, 1.54) is 0 Å². The maximum Gasteiger partial charge on any atom is 0.225 e. The first-order chi connectivity index (χ1) is 11.0. The van der Waals surface area contributed by atoms with Crippen molar-refractivity contribution in [3.63, 3.8) is 0 Å². The van der Waals surface area contributed by atoms with Gasteiger partial charge in [0.05, 0.1) is 18.6 Å². The molecule has 0 aliphatic carbocycles. The SMILES string of the molecule is CC(C)N1CC(C(=O)NC2CCOc3ccc(Cl)cc32)CC1=O. The number of fused-ring (bicyclic) bond motifs is 1. The Balaban J connectivity index is 1.70. The smallest absolute Gasteiger partial charge is 0.225 e. The number of nitrogens with zero attached hydrogens (tertiary/aromatic N) is 1. The summed E-state index contributed by atoms with van der Waals surface area (Å²) in [5.41, 5.74) is 0.905. The third-order valence-electron chi connectivity index (χ3n) is 4.48. The number of halogens is 1. The van der Waals surface area contributed by atoms with Crippen LogP contribution in [0, 0.1) is 5.92 Å². The van der Waals surface area contributed by atoms with Crippen molar-refractivity contribution in [2.75, 3.05) is 13.2 Å². The first-order valence-electron chi connectivity index (χ1n) is 7.98. The van der Waals surface area contributed by atoms with Crippen LogP contribution in [-0.4, -0.2) is 35.9 Å². The van der Waals surface area contributed by atoms with E-state index < -0.39 is 0 Å². The molecule has 1 saturated heterocycles. The maximum absolute atomic E-state index is 12.6. The Hall–Kier alpha value is -1.75. The molecule has 0 saturated carbocycles. The van der Waals surface area contributed by atoms with Gasteiger partial charge in [0.1, 0.15) is 5.75 Å². The van der Waals surface area contributed by atoms with Gasteiger partial charge < -0.3 is 15.0 Å². The topological polar surface area (TPSA) is 58.6 Å². The number of hydrogen-bond acceptors (Lipinski definition) is 3. The molecule has 3 rings (SSSR count). The summed E-state index contributed by atoms with van der Waals surface area (Å²) < 4.78 is 5.61. The fourth-order valence-electron chi connectivity index (χ4n) is 3.21. The van der Waals surface area contributed by atoms with Crippen LogP contribution in [0.25, 0.3) is 0 Å². The van der Waals surface area contributed by atoms with Gasteiger partial charge in [0.25, 0.3) is 0 Å². The summed E-state index contributed by atoms with van der Waals surface area (Å²) in [4.78, 5) is 26.3. The van der Waals surface area contributed by atoms with Gasteiger partial charge in [-0.2, -0.15) is 0 Å². The average Bonchev–Trinajstić information content (AvgIpc) is 2.90. The quantitative estimate of drug-likeness (QED) is 0.922. The highest BCUT2D eigenvalue weighted by Crippen LogP contribution is 2.34. The Morgan fingerprint density at radius 1 is 1.43 bits per heavy atom. The predicted octanol–water partition coefficient (Wildman–Crippen LogP) is 2.54. The summed E-state index contributed by atoms with van der Waals surface area (Å²) >= 11 is 6.06. The molecule has 124 valence electrons. The van der Waals surface area contributed by atoms with E-state index in [1.54, 1.807) is 11.0 Å². The minimum Gasteiger partial charge on any atom is -0.493 e. The van der Waals surface area contributed by atoms with Crippen LogP contribution in [0.15, 0.2) is 18.2 Å². The van der Waals surface area contributed by atoms with Crippen molar-refractivity contribution >= 4 is 23.4 Å².